The molecule has 0 saturated carbocycles. The number of aryl methyl sites for hydroxylation is 1. The van der Waals surface area contributed by atoms with Gasteiger partial charge in [-0.25, -0.2) is 10.2 Å². The maximum Gasteiger partial charge on any atom is 0.325 e. The molecule has 1 heterocycles. The zero-order valence-corrected chi connectivity index (χ0v) is 17.8. The predicted molar refractivity (Wildman–Crippen MR) is 123 cm³/mol. The van der Waals surface area contributed by atoms with Gasteiger partial charge in [0, 0.05) is 11.1 Å². The van der Waals surface area contributed by atoms with Gasteiger partial charge in [0.1, 0.15) is 12.1 Å². The van der Waals surface area contributed by atoms with Crippen LogP contribution in [0.3, 0.4) is 0 Å². The molecule has 7 heteroatoms. The summed E-state index contributed by atoms with van der Waals surface area (Å²) < 4.78 is 0. The van der Waals surface area contributed by atoms with Gasteiger partial charge in [-0.05, 0) is 24.0 Å². The van der Waals surface area contributed by atoms with E-state index in [1.54, 1.807) is 0 Å². The van der Waals surface area contributed by atoms with Crippen LogP contribution >= 0.6 is 0 Å². The van der Waals surface area contributed by atoms with Crippen molar-refractivity contribution in [2.45, 2.75) is 18.4 Å². The van der Waals surface area contributed by atoms with Gasteiger partial charge in [-0.3, -0.25) is 14.5 Å². The number of hydrogen-bond donors (Lipinski definition) is 2. The number of nitrogens with one attached hydrogen (secondary N) is 2. The molecule has 4 amide bonds. The van der Waals surface area contributed by atoms with Crippen molar-refractivity contribution in [3.8, 4) is 0 Å². The second kappa shape index (κ2) is 8.35. The molecule has 3 aromatic carbocycles. The fourth-order valence-corrected chi connectivity index (χ4v) is 4.52. The minimum absolute atomic E-state index is 0.400. The van der Waals surface area contributed by atoms with Crippen molar-refractivity contribution in [1.82, 2.24) is 15.6 Å². The molecule has 5 rings (SSSR count). The number of fused-ring (bicyclic) bond motifs is 2. The molecule has 0 bridgehead atoms. The first-order valence-electron chi connectivity index (χ1n) is 10.8. The van der Waals surface area contributed by atoms with Crippen molar-refractivity contribution in [3.05, 3.63) is 107 Å². The largest absolute Gasteiger partial charge is 0.325 e. The summed E-state index contributed by atoms with van der Waals surface area (Å²) in [6, 6.07) is 26.0. The van der Waals surface area contributed by atoms with Crippen LogP contribution in [-0.4, -0.2) is 35.0 Å². The maximum absolute atomic E-state index is 13.2. The minimum Gasteiger partial charge on any atom is -0.319 e. The summed E-state index contributed by atoms with van der Waals surface area (Å²) in [5.41, 5.74) is 5.53. The Bertz CT molecular complexity index is 1220. The SMILES string of the molecule is O=C(CN1C(=O)NC2(CCc3ccccc32)C1=O)NN=C(c1ccccc1)c1ccccc1. The Balaban J connectivity index is 1.35. The highest BCUT2D eigenvalue weighted by atomic mass is 16.2. The first-order valence-corrected chi connectivity index (χ1v) is 10.8. The highest BCUT2D eigenvalue weighted by Crippen LogP contribution is 2.41. The number of imide groups is 1. The van der Waals surface area contributed by atoms with E-state index in [4.69, 9.17) is 0 Å². The van der Waals surface area contributed by atoms with Crippen molar-refractivity contribution in [2.75, 3.05) is 6.54 Å². The highest BCUT2D eigenvalue weighted by Gasteiger charge is 2.55. The van der Waals surface area contributed by atoms with Gasteiger partial charge < -0.3 is 5.32 Å². The lowest BCUT2D eigenvalue weighted by molar-refractivity contribution is -0.135. The molecule has 1 fully saturated rings. The van der Waals surface area contributed by atoms with Crippen LogP contribution in [0.15, 0.2) is 90.0 Å². The van der Waals surface area contributed by atoms with Crippen molar-refractivity contribution in [3.63, 3.8) is 0 Å². The van der Waals surface area contributed by atoms with Gasteiger partial charge in [0.25, 0.3) is 11.8 Å². The molecule has 1 aliphatic carbocycles. The molecule has 1 atom stereocenters. The Hall–Kier alpha value is -4.26. The smallest absolute Gasteiger partial charge is 0.319 e. The average Bonchev–Trinajstić information content (AvgIpc) is 3.33. The molecule has 1 unspecified atom stereocenters. The quantitative estimate of drug-likeness (QED) is 0.365. The Morgan fingerprint density at radius 3 is 2.18 bits per heavy atom. The molecule has 0 aromatic heterocycles. The molecular formula is C26H22N4O3. The van der Waals surface area contributed by atoms with Gasteiger partial charge in [0.15, 0.2) is 0 Å². The van der Waals surface area contributed by atoms with Crippen molar-refractivity contribution in [2.24, 2.45) is 5.10 Å². The van der Waals surface area contributed by atoms with Crippen LogP contribution in [0.5, 0.6) is 0 Å². The number of hydrazone groups is 1. The zero-order chi connectivity index (χ0) is 22.8. The molecule has 1 aliphatic heterocycles. The van der Waals surface area contributed by atoms with Crippen LogP contribution in [-0.2, 0) is 21.5 Å². The molecule has 2 aliphatic rings. The Morgan fingerprint density at radius 2 is 1.52 bits per heavy atom. The number of rotatable bonds is 5. The summed E-state index contributed by atoms with van der Waals surface area (Å²) >= 11 is 0. The van der Waals surface area contributed by atoms with Crippen LogP contribution in [0.4, 0.5) is 4.79 Å². The monoisotopic (exact) mass is 438 g/mol. The summed E-state index contributed by atoms with van der Waals surface area (Å²) in [6.45, 7) is -0.408. The van der Waals surface area contributed by atoms with Crippen LogP contribution in [0, 0.1) is 0 Å². The number of hydrogen-bond acceptors (Lipinski definition) is 4. The first kappa shape index (κ1) is 20.6. The van der Waals surface area contributed by atoms with Crippen LogP contribution in [0.2, 0.25) is 0 Å². The molecule has 164 valence electrons. The van der Waals surface area contributed by atoms with Gasteiger partial charge in [0.2, 0.25) is 0 Å². The lowest BCUT2D eigenvalue weighted by Crippen LogP contribution is -2.43. The second-order valence-corrected chi connectivity index (χ2v) is 8.11. The number of benzene rings is 3. The van der Waals surface area contributed by atoms with Crippen LogP contribution in [0.25, 0.3) is 0 Å². The molecule has 3 aromatic rings. The van der Waals surface area contributed by atoms with E-state index in [9.17, 15) is 14.4 Å². The molecule has 0 radical (unpaired) electrons. The topological polar surface area (TPSA) is 90.9 Å². The molecule has 1 saturated heterocycles. The average molecular weight is 438 g/mol. The lowest BCUT2D eigenvalue weighted by Gasteiger charge is -2.22. The van der Waals surface area contributed by atoms with E-state index >= 15 is 0 Å². The Labute approximate surface area is 191 Å². The minimum atomic E-state index is -1.09. The van der Waals surface area contributed by atoms with E-state index in [-0.39, 0.29) is 0 Å². The molecular weight excluding hydrogens is 416 g/mol. The predicted octanol–water partition coefficient (Wildman–Crippen LogP) is 2.95. The summed E-state index contributed by atoms with van der Waals surface area (Å²) in [5, 5.41) is 7.16. The number of carbonyl (C=O) groups excluding carboxylic acids is 3. The van der Waals surface area contributed by atoms with Crippen molar-refractivity contribution in [1.29, 1.82) is 0 Å². The number of nitrogens with zero attached hydrogens (tertiary/aromatic N) is 2. The first-order chi connectivity index (χ1) is 16.1. The fraction of sp³-hybridized carbons (Fsp3) is 0.154. The summed E-state index contributed by atoms with van der Waals surface area (Å²) in [7, 11) is 0. The van der Waals surface area contributed by atoms with E-state index in [0.29, 0.717) is 18.6 Å². The molecule has 2 N–H and O–H groups in total. The van der Waals surface area contributed by atoms with E-state index in [1.165, 1.54) is 0 Å². The lowest BCUT2D eigenvalue weighted by atomic mass is 9.92. The molecule has 7 nitrogen and oxygen atoms in total. The normalized spacial score (nSPS) is 18.7. The highest BCUT2D eigenvalue weighted by molar-refractivity contribution is 6.13. The fourth-order valence-electron chi connectivity index (χ4n) is 4.52. The van der Waals surface area contributed by atoms with Gasteiger partial charge >= 0.3 is 6.03 Å². The van der Waals surface area contributed by atoms with Crippen molar-refractivity contribution < 1.29 is 14.4 Å². The van der Waals surface area contributed by atoms with E-state index in [0.717, 1.165) is 27.2 Å². The maximum atomic E-state index is 13.2. The van der Waals surface area contributed by atoms with E-state index in [2.05, 4.69) is 15.8 Å². The summed E-state index contributed by atoms with van der Waals surface area (Å²) in [5.74, 6) is -0.950. The Kier molecular flexibility index (Phi) is 5.22. The number of urea groups is 1. The Morgan fingerprint density at radius 1 is 0.909 bits per heavy atom. The van der Waals surface area contributed by atoms with Gasteiger partial charge in [-0.1, -0.05) is 84.9 Å². The number of amides is 4. The zero-order valence-electron chi connectivity index (χ0n) is 17.8. The molecule has 33 heavy (non-hydrogen) atoms. The van der Waals surface area contributed by atoms with Crippen molar-refractivity contribution >= 4 is 23.6 Å². The molecule has 1 spiro atoms. The van der Waals surface area contributed by atoms with Crippen LogP contribution < -0.4 is 10.7 Å². The van der Waals surface area contributed by atoms with Gasteiger partial charge in [-0.15, -0.1) is 0 Å². The third kappa shape index (κ3) is 3.67. The van der Waals surface area contributed by atoms with E-state index < -0.39 is 29.9 Å². The van der Waals surface area contributed by atoms with E-state index in [1.807, 2.05) is 84.9 Å². The van der Waals surface area contributed by atoms with Crippen LogP contribution in [0.1, 0.15) is 28.7 Å². The third-order valence-electron chi connectivity index (χ3n) is 6.11. The summed E-state index contributed by atoms with van der Waals surface area (Å²) in [4.78, 5) is 39.6. The third-order valence-corrected chi connectivity index (χ3v) is 6.11. The standard InChI is InChI=1S/C26H22N4O3/c31-22(28-29-23(19-10-3-1-4-11-19)20-12-5-2-6-13-20)17-30-24(32)26(27-25(30)33)16-15-18-9-7-8-14-21(18)26/h1-14H,15-17H2,(H,27,33)(H,28,31). The summed E-state index contributed by atoms with van der Waals surface area (Å²) in [6.07, 6.45) is 1.18. The second-order valence-electron chi connectivity index (χ2n) is 8.11. The van der Waals surface area contributed by atoms with Gasteiger partial charge in [-0.2, -0.15) is 5.10 Å². The number of carbonyl (C=O) groups is 3. The van der Waals surface area contributed by atoms with Gasteiger partial charge in [0.05, 0.1) is 5.71 Å².